The van der Waals surface area contributed by atoms with Crippen LogP contribution in [0.15, 0.2) is 29.2 Å². The van der Waals surface area contributed by atoms with E-state index in [0.29, 0.717) is 6.42 Å². The largest absolute Gasteiger partial charge is 0.481 e. The minimum atomic E-state index is -3.73. The number of carboxylic acid groups (broad SMARTS) is 1. The van der Waals surface area contributed by atoms with Crippen LogP contribution < -0.4 is 0 Å². The molecule has 1 rings (SSSR count). The molecule has 24 heavy (non-hydrogen) atoms. The van der Waals surface area contributed by atoms with Gasteiger partial charge in [0.25, 0.3) is 0 Å². The summed E-state index contributed by atoms with van der Waals surface area (Å²) in [6, 6.07) is 4.52. The van der Waals surface area contributed by atoms with Gasteiger partial charge in [-0.1, -0.05) is 0 Å². The van der Waals surface area contributed by atoms with Crippen molar-refractivity contribution in [1.29, 1.82) is 0 Å². The van der Waals surface area contributed by atoms with Gasteiger partial charge in [-0.05, 0) is 30.7 Å². The smallest absolute Gasteiger partial charge is 0.305 e. The van der Waals surface area contributed by atoms with Crippen LogP contribution in [0.3, 0.4) is 0 Å². The topological polar surface area (TPSA) is 95.0 Å². The van der Waals surface area contributed by atoms with Gasteiger partial charge in [-0.2, -0.15) is 0 Å². The highest BCUT2D eigenvalue weighted by atomic mass is 32.2. The number of carbonyl (C=O) groups excluding carboxylic acids is 1. The number of sulfonamides is 1. The molecule has 9 heteroatoms. The van der Waals surface area contributed by atoms with Crippen molar-refractivity contribution in [3.8, 4) is 0 Å². The molecule has 0 unspecified atom stereocenters. The summed E-state index contributed by atoms with van der Waals surface area (Å²) >= 11 is 0. The lowest BCUT2D eigenvalue weighted by Gasteiger charge is -2.19. The Hall–Kier alpha value is -2.00. The van der Waals surface area contributed by atoms with Gasteiger partial charge < -0.3 is 10.0 Å². The summed E-state index contributed by atoms with van der Waals surface area (Å²) in [5.41, 5.74) is 0. The molecular formula is C15H21FN2O5S. The van der Waals surface area contributed by atoms with Crippen LogP contribution in [0.2, 0.25) is 0 Å². The molecule has 0 heterocycles. The SMILES string of the molecule is CN(CCC(=O)O)C(=O)CCCN(C)S(=O)(=O)c1ccc(F)cc1. The number of hydrogen-bond acceptors (Lipinski definition) is 4. The standard InChI is InChI=1S/C15H21FN2O5S/c1-17(11-9-15(20)21)14(19)4-3-10-18(2)24(22,23)13-7-5-12(16)6-8-13/h5-8H,3-4,9-11H2,1-2H3,(H,20,21). The van der Waals surface area contributed by atoms with Gasteiger partial charge in [-0.15, -0.1) is 0 Å². The third-order valence-corrected chi connectivity index (χ3v) is 5.34. The van der Waals surface area contributed by atoms with Gasteiger partial charge in [0.15, 0.2) is 0 Å². The second kappa shape index (κ2) is 8.74. The van der Waals surface area contributed by atoms with Crippen LogP contribution in [0.25, 0.3) is 0 Å². The van der Waals surface area contributed by atoms with E-state index in [1.165, 1.54) is 31.1 Å². The summed E-state index contributed by atoms with van der Waals surface area (Å²) < 4.78 is 38.5. The number of rotatable bonds is 9. The lowest BCUT2D eigenvalue weighted by Crippen LogP contribution is -2.31. The lowest BCUT2D eigenvalue weighted by atomic mass is 10.2. The molecule has 0 atom stereocenters. The van der Waals surface area contributed by atoms with Gasteiger partial charge in [0.2, 0.25) is 15.9 Å². The van der Waals surface area contributed by atoms with Crippen LogP contribution in [0.5, 0.6) is 0 Å². The van der Waals surface area contributed by atoms with Gasteiger partial charge in [-0.3, -0.25) is 9.59 Å². The monoisotopic (exact) mass is 360 g/mol. The van der Waals surface area contributed by atoms with Crippen molar-refractivity contribution < 1.29 is 27.5 Å². The van der Waals surface area contributed by atoms with Gasteiger partial charge in [-0.25, -0.2) is 17.1 Å². The Bertz CT molecular complexity index is 676. The van der Waals surface area contributed by atoms with E-state index in [0.717, 1.165) is 16.4 Å². The molecule has 134 valence electrons. The number of carbonyl (C=O) groups is 2. The molecule has 0 bridgehead atoms. The molecule has 1 N–H and O–H groups in total. The lowest BCUT2D eigenvalue weighted by molar-refractivity contribution is -0.138. The van der Waals surface area contributed by atoms with Crippen LogP contribution in [-0.2, 0) is 19.6 Å². The molecule has 0 aliphatic carbocycles. The predicted octanol–water partition coefficient (Wildman–Crippen LogP) is 1.16. The molecule has 1 aromatic rings. The number of amides is 1. The number of benzene rings is 1. The molecule has 1 amide bonds. The molecule has 0 aromatic heterocycles. The maximum Gasteiger partial charge on any atom is 0.305 e. The van der Waals surface area contributed by atoms with E-state index < -0.39 is 21.8 Å². The van der Waals surface area contributed by atoms with E-state index in [1.54, 1.807) is 0 Å². The van der Waals surface area contributed by atoms with Gasteiger partial charge in [0, 0.05) is 33.6 Å². The highest BCUT2D eigenvalue weighted by molar-refractivity contribution is 7.89. The third-order valence-electron chi connectivity index (χ3n) is 3.47. The Labute approximate surface area is 140 Å². The summed E-state index contributed by atoms with van der Waals surface area (Å²) in [6.07, 6.45) is 0.271. The molecule has 0 radical (unpaired) electrons. The first-order valence-corrected chi connectivity index (χ1v) is 8.76. The summed E-state index contributed by atoms with van der Waals surface area (Å²) in [5, 5.41) is 8.57. The zero-order chi connectivity index (χ0) is 18.3. The zero-order valence-electron chi connectivity index (χ0n) is 13.6. The third kappa shape index (κ3) is 5.89. The van der Waals surface area contributed by atoms with E-state index in [-0.39, 0.29) is 36.7 Å². The fourth-order valence-electron chi connectivity index (χ4n) is 1.94. The van der Waals surface area contributed by atoms with E-state index >= 15 is 0 Å². The first kappa shape index (κ1) is 20.0. The molecular weight excluding hydrogens is 339 g/mol. The van der Waals surface area contributed by atoms with Crippen molar-refractivity contribution in [3.63, 3.8) is 0 Å². The van der Waals surface area contributed by atoms with Gasteiger partial charge >= 0.3 is 5.97 Å². The molecule has 0 spiro atoms. The normalized spacial score (nSPS) is 11.5. The highest BCUT2D eigenvalue weighted by Gasteiger charge is 2.21. The first-order valence-electron chi connectivity index (χ1n) is 7.32. The number of hydrogen-bond donors (Lipinski definition) is 1. The summed E-state index contributed by atoms with van der Waals surface area (Å²) in [6.45, 7) is 0.232. The molecule has 0 fully saturated rings. The number of halogens is 1. The summed E-state index contributed by atoms with van der Waals surface area (Å²) in [4.78, 5) is 23.6. The quantitative estimate of drug-likeness (QED) is 0.713. The molecule has 7 nitrogen and oxygen atoms in total. The van der Waals surface area contributed by atoms with E-state index in [9.17, 15) is 22.4 Å². The summed E-state index contributed by atoms with van der Waals surface area (Å²) in [7, 11) is -0.841. The van der Waals surface area contributed by atoms with Crippen molar-refractivity contribution in [2.24, 2.45) is 0 Å². The number of nitrogens with zero attached hydrogens (tertiary/aromatic N) is 2. The van der Waals surface area contributed by atoms with E-state index in [1.807, 2.05) is 0 Å². The molecule has 0 aliphatic heterocycles. The Morgan fingerprint density at radius 2 is 1.67 bits per heavy atom. The average Bonchev–Trinajstić information content (AvgIpc) is 2.52. The second-order valence-corrected chi connectivity index (χ2v) is 7.39. The van der Waals surface area contributed by atoms with Crippen molar-refractivity contribution in [2.45, 2.75) is 24.2 Å². The Balaban J connectivity index is 2.50. The molecule has 0 saturated heterocycles. The Kier molecular flexibility index (Phi) is 7.30. The van der Waals surface area contributed by atoms with Crippen LogP contribution >= 0.6 is 0 Å². The first-order chi connectivity index (χ1) is 11.1. The fraction of sp³-hybridized carbons (Fsp3) is 0.467. The number of carboxylic acids is 1. The van der Waals surface area contributed by atoms with Crippen molar-refractivity contribution in [1.82, 2.24) is 9.21 Å². The Morgan fingerprint density at radius 1 is 1.08 bits per heavy atom. The maximum atomic E-state index is 12.9. The van der Waals surface area contributed by atoms with Crippen molar-refractivity contribution >= 4 is 21.9 Å². The van der Waals surface area contributed by atoms with E-state index in [4.69, 9.17) is 5.11 Å². The van der Waals surface area contributed by atoms with Gasteiger partial charge in [0.05, 0.1) is 11.3 Å². The fourth-order valence-corrected chi connectivity index (χ4v) is 3.15. The minimum absolute atomic E-state index is 0.0173. The van der Waals surface area contributed by atoms with Crippen LogP contribution in [0, 0.1) is 5.82 Å². The second-order valence-electron chi connectivity index (χ2n) is 5.34. The minimum Gasteiger partial charge on any atom is -0.481 e. The Morgan fingerprint density at radius 3 is 2.21 bits per heavy atom. The highest BCUT2D eigenvalue weighted by Crippen LogP contribution is 2.15. The van der Waals surface area contributed by atoms with Crippen molar-refractivity contribution in [2.75, 3.05) is 27.2 Å². The average molecular weight is 360 g/mol. The predicted molar refractivity (Wildman–Crippen MR) is 85.3 cm³/mol. The molecule has 0 saturated carbocycles. The van der Waals surface area contributed by atoms with Crippen LogP contribution in [0.4, 0.5) is 4.39 Å². The van der Waals surface area contributed by atoms with Crippen molar-refractivity contribution in [3.05, 3.63) is 30.1 Å². The van der Waals surface area contributed by atoms with Gasteiger partial charge in [0.1, 0.15) is 5.82 Å². The molecule has 1 aromatic carbocycles. The maximum absolute atomic E-state index is 12.9. The molecule has 0 aliphatic rings. The van der Waals surface area contributed by atoms with Crippen LogP contribution in [-0.4, -0.2) is 61.8 Å². The number of aliphatic carboxylic acids is 1. The van der Waals surface area contributed by atoms with Crippen LogP contribution in [0.1, 0.15) is 19.3 Å². The summed E-state index contributed by atoms with van der Waals surface area (Å²) in [5.74, 6) is -1.75. The zero-order valence-corrected chi connectivity index (χ0v) is 14.4. The van der Waals surface area contributed by atoms with E-state index in [2.05, 4.69) is 0 Å².